The molecule has 1 fully saturated rings. The SMILES string of the molecule is CCC(C)NC(=NCC(=O)N(C)C)N1CCN(c2ccncc2Cl)CC1. The number of carbonyl (C=O) groups excluding carboxylic acids is 1. The molecule has 1 atom stereocenters. The van der Waals surface area contributed by atoms with Crippen molar-refractivity contribution in [2.45, 2.75) is 26.3 Å². The van der Waals surface area contributed by atoms with Crippen LogP contribution in [0.1, 0.15) is 20.3 Å². The zero-order valence-corrected chi connectivity index (χ0v) is 16.8. The summed E-state index contributed by atoms with van der Waals surface area (Å²) in [5.74, 6) is 0.797. The van der Waals surface area contributed by atoms with Crippen molar-refractivity contribution in [3.8, 4) is 0 Å². The molecule has 1 N–H and O–H groups in total. The van der Waals surface area contributed by atoms with Gasteiger partial charge in [0.05, 0.1) is 10.7 Å². The Morgan fingerprint density at radius 2 is 2.08 bits per heavy atom. The Bertz CT molecular complexity index is 628. The standard InChI is InChI=1S/C18H29ClN6O/c1-5-14(2)22-18(21-13-17(26)23(3)4)25-10-8-24(9-11-25)16-6-7-20-12-15(16)19/h6-7,12,14H,5,8-11,13H2,1-4H3,(H,21,22). The topological polar surface area (TPSA) is 64.1 Å². The van der Waals surface area contributed by atoms with E-state index >= 15 is 0 Å². The second-order valence-corrected chi connectivity index (χ2v) is 7.09. The molecule has 0 saturated carbocycles. The van der Waals surface area contributed by atoms with Crippen LogP contribution in [-0.2, 0) is 4.79 Å². The van der Waals surface area contributed by atoms with E-state index in [1.807, 2.05) is 6.07 Å². The number of rotatable bonds is 5. The number of halogens is 1. The summed E-state index contributed by atoms with van der Waals surface area (Å²) < 4.78 is 0. The van der Waals surface area contributed by atoms with Crippen LogP contribution in [0.5, 0.6) is 0 Å². The van der Waals surface area contributed by atoms with E-state index < -0.39 is 0 Å². The number of carbonyl (C=O) groups is 1. The van der Waals surface area contributed by atoms with E-state index in [0.29, 0.717) is 11.1 Å². The molecular formula is C18H29ClN6O. The predicted molar refractivity (Wildman–Crippen MR) is 107 cm³/mol. The molecule has 1 aromatic heterocycles. The van der Waals surface area contributed by atoms with Gasteiger partial charge in [0.25, 0.3) is 0 Å². The Morgan fingerprint density at radius 1 is 1.38 bits per heavy atom. The van der Waals surface area contributed by atoms with Gasteiger partial charge >= 0.3 is 0 Å². The van der Waals surface area contributed by atoms with E-state index in [0.717, 1.165) is 44.2 Å². The lowest BCUT2D eigenvalue weighted by Crippen LogP contribution is -2.54. The monoisotopic (exact) mass is 380 g/mol. The van der Waals surface area contributed by atoms with Gasteiger partial charge in [-0.2, -0.15) is 0 Å². The minimum Gasteiger partial charge on any atom is -0.367 e. The van der Waals surface area contributed by atoms with Crippen molar-refractivity contribution in [3.05, 3.63) is 23.5 Å². The molecule has 1 unspecified atom stereocenters. The summed E-state index contributed by atoms with van der Waals surface area (Å²) in [5, 5.41) is 4.12. The fourth-order valence-corrected chi connectivity index (χ4v) is 2.87. The van der Waals surface area contributed by atoms with E-state index in [9.17, 15) is 4.79 Å². The Morgan fingerprint density at radius 3 is 2.65 bits per heavy atom. The van der Waals surface area contributed by atoms with E-state index in [4.69, 9.17) is 11.6 Å². The van der Waals surface area contributed by atoms with Crippen molar-refractivity contribution >= 4 is 29.2 Å². The zero-order valence-electron chi connectivity index (χ0n) is 16.1. The second-order valence-electron chi connectivity index (χ2n) is 6.68. The number of anilines is 1. The van der Waals surface area contributed by atoms with Gasteiger partial charge in [0.2, 0.25) is 5.91 Å². The van der Waals surface area contributed by atoms with Crippen molar-refractivity contribution in [1.29, 1.82) is 0 Å². The molecule has 1 saturated heterocycles. The molecule has 0 bridgehead atoms. The molecule has 0 radical (unpaired) electrons. The maximum absolute atomic E-state index is 11.9. The largest absolute Gasteiger partial charge is 0.367 e. The third kappa shape index (κ3) is 5.49. The van der Waals surface area contributed by atoms with Crippen molar-refractivity contribution in [3.63, 3.8) is 0 Å². The van der Waals surface area contributed by atoms with Gasteiger partial charge in [0, 0.05) is 58.7 Å². The molecule has 2 rings (SSSR count). The average Bonchev–Trinajstić information content (AvgIpc) is 2.65. The van der Waals surface area contributed by atoms with Crippen LogP contribution in [0.4, 0.5) is 5.69 Å². The molecule has 144 valence electrons. The fraction of sp³-hybridized carbons (Fsp3) is 0.611. The summed E-state index contributed by atoms with van der Waals surface area (Å²) in [7, 11) is 3.49. The second kappa shape index (κ2) is 9.62. The number of likely N-dealkylation sites (N-methyl/N-ethyl adjacent to an activating group) is 1. The molecule has 1 aromatic rings. The van der Waals surface area contributed by atoms with Crippen molar-refractivity contribution in [1.82, 2.24) is 20.1 Å². The van der Waals surface area contributed by atoms with E-state index in [1.54, 1.807) is 31.4 Å². The van der Waals surface area contributed by atoms with Crippen LogP contribution in [0.3, 0.4) is 0 Å². The van der Waals surface area contributed by atoms with Crippen LogP contribution in [-0.4, -0.2) is 79.5 Å². The van der Waals surface area contributed by atoms with Crippen LogP contribution >= 0.6 is 11.6 Å². The van der Waals surface area contributed by atoms with Gasteiger partial charge in [-0.15, -0.1) is 0 Å². The van der Waals surface area contributed by atoms with Gasteiger partial charge in [-0.05, 0) is 19.4 Å². The number of nitrogens with zero attached hydrogens (tertiary/aromatic N) is 5. The van der Waals surface area contributed by atoms with Crippen molar-refractivity contribution in [2.24, 2.45) is 4.99 Å². The van der Waals surface area contributed by atoms with Crippen molar-refractivity contribution < 1.29 is 4.79 Å². The number of aromatic nitrogens is 1. The summed E-state index contributed by atoms with van der Waals surface area (Å²) in [4.78, 5) is 26.5. The van der Waals surface area contributed by atoms with Gasteiger partial charge < -0.3 is 20.0 Å². The number of amides is 1. The quantitative estimate of drug-likeness (QED) is 0.622. The van der Waals surface area contributed by atoms with E-state index in [-0.39, 0.29) is 12.5 Å². The van der Waals surface area contributed by atoms with E-state index in [2.05, 4.69) is 38.9 Å². The maximum Gasteiger partial charge on any atom is 0.243 e. The first-order chi connectivity index (χ1) is 12.4. The highest BCUT2D eigenvalue weighted by atomic mass is 35.5. The van der Waals surface area contributed by atoms with Gasteiger partial charge in [0.15, 0.2) is 5.96 Å². The van der Waals surface area contributed by atoms with Crippen LogP contribution in [0, 0.1) is 0 Å². The summed E-state index contributed by atoms with van der Waals surface area (Å²) in [6, 6.07) is 2.25. The number of hydrogen-bond acceptors (Lipinski definition) is 4. The summed E-state index contributed by atoms with van der Waals surface area (Å²) in [5.41, 5.74) is 1.01. The number of aliphatic imine (C=N–C) groups is 1. The van der Waals surface area contributed by atoms with Crippen LogP contribution in [0.25, 0.3) is 0 Å². The molecule has 26 heavy (non-hydrogen) atoms. The molecule has 0 aromatic carbocycles. The lowest BCUT2D eigenvalue weighted by Gasteiger charge is -2.38. The zero-order chi connectivity index (χ0) is 19.1. The number of piperazine rings is 1. The highest BCUT2D eigenvalue weighted by molar-refractivity contribution is 6.33. The first-order valence-electron chi connectivity index (χ1n) is 9.03. The third-order valence-corrected chi connectivity index (χ3v) is 4.81. The number of nitrogens with one attached hydrogen (secondary N) is 1. The fourth-order valence-electron chi connectivity index (χ4n) is 2.63. The Labute approximate surface area is 161 Å². The molecule has 0 spiro atoms. The number of pyridine rings is 1. The van der Waals surface area contributed by atoms with Crippen LogP contribution < -0.4 is 10.2 Å². The Hall–Kier alpha value is -2.02. The van der Waals surface area contributed by atoms with Gasteiger partial charge in [0.1, 0.15) is 6.54 Å². The lowest BCUT2D eigenvalue weighted by molar-refractivity contribution is -0.127. The molecule has 0 aliphatic carbocycles. The summed E-state index contributed by atoms with van der Waals surface area (Å²) in [6.07, 6.45) is 4.43. The maximum atomic E-state index is 11.9. The Kier molecular flexibility index (Phi) is 7.50. The molecule has 1 amide bonds. The average molecular weight is 381 g/mol. The van der Waals surface area contributed by atoms with Crippen LogP contribution in [0.2, 0.25) is 5.02 Å². The molecule has 7 nitrogen and oxygen atoms in total. The normalized spacial score (nSPS) is 16.4. The summed E-state index contributed by atoms with van der Waals surface area (Å²) >= 11 is 6.26. The first kappa shape index (κ1) is 20.3. The number of hydrogen-bond donors (Lipinski definition) is 1. The molecule has 1 aliphatic rings. The lowest BCUT2D eigenvalue weighted by atomic mass is 10.2. The van der Waals surface area contributed by atoms with E-state index in [1.165, 1.54) is 0 Å². The van der Waals surface area contributed by atoms with Gasteiger partial charge in [-0.25, -0.2) is 4.99 Å². The minimum atomic E-state index is -0.00402. The first-order valence-corrected chi connectivity index (χ1v) is 9.40. The van der Waals surface area contributed by atoms with Crippen LogP contribution in [0.15, 0.2) is 23.5 Å². The van der Waals surface area contributed by atoms with Gasteiger partial charge in [-0.3, -0.25) is 9.78 Å². The predicted octanol–water partition coefficient (Wildman–Crippen LogP) is 1.69. The highest BCUT2D eigenvalue weighted by Gasteiger charge is 2.22. The molecule has 8 heteroatoms. The Balaban J connectivity index is 2.04. The molecular weight excluding hydrogens is 352 g/mol. The summed E-state index contributed by atoms with van der Waals surface area (Å²) in [6.45, 7) is 7.72. The highest BCUT2D eigenvalue weighted by Crippen LogP contribution is 2.25. The van der Waals surface area contributed by atoms with Crippen molar-refractivity contribution in [2.75, 3.05) is 51.7 Å². The molecule has 1 aliphatic heterocycles. The smallest absolute Gasteiger partial charge is 0.243 e. The third-order valence-electron chi connectivity index (χ3n) is 4.52. The van der Waals surface area contributed by atoms with Gasteiger partial charge in [-0.1, -0.05) is 18.5 Å². The minimum absolute atomic E-state index is 0.00402. The number of guanidine groups is 1. The molecule has 2 heterocycles.